The van der Waals surface area contributed by atoms with E-state index in [-0.39, 0.29) is 17.3 Å². The quantitative estimate of drug-likeness (QED) is 0.372. The fourth-order valence-corrected chi connectivity index (χ4v) is 5.58. The van der Waals surface area contributed by atoms with Crippen molar-refractivity contribution >= 4 is 27.5 Å². The predicted molar refractivity (Wildman–Crippen MR) is 147 cm³/mol. The Morgan fingerprint density at radius 1 is 0.921 bits per heavy atom. The van der Waals surface area contributed by atoms with Crippen LogP contribution < -0.4 is 9.62 Å². The van der Waals surface area contributed by atoms with Crippen LogP contribution in [0.15, 0.2) is 83.8 Å². The van der Waals surface area contributed by atoms with Crippen LogP contribution in [0.3, 0.4) is 0 Å². The van der Waals surface area contributed by atoms with Crippen molar-refractivity contribution in [2.24, 2.45) is 0 Å². The molecule has 0 aliphatic rings. The van der Waals surface area contributed by atoms with Gasteiger partial charge in [-0.05, 0) is 68.7 Å². The third-order valence-corrected chi connectivity index (χ3v) is 8.01. The number of anilines is 1. The van der Waals surface area contributed by atoms with Gasteiger partial charge in [-0.1, -0.05) is 55.0 Å². The molecule has 2 amide bonds. The van der Waals surface area contributed by atoms with E-state index in [9.17, 15) is 22.4 Å². The highest BCUT2D eigenvalue weighted by Crippen LogP contribution is 2.25. The summed E-state index contributed by atoms with van der Waals surface area (Å²) in [6, 6.07) is 20.0. The summed E-state index contributed by atoms with van der Waals surface area (Å²) in [5.41, 5.74) is 2.21. The lowest BCUT2D eigenvalue weighted by Crippen LogP contribution is -2.53. The number of nitrogens with one attached hydrogen (secondary N) is 1. The lowest BCUT2D eigenvalue weighted by Gasteiger charge is -2.33. The highest BCUT2D eigenvalue weighted by molar-refractivity contribution is 7.92. The molecule has 0 aliphatic heterocycles. The second-order valence-corrected chi connectivity index (χ2v) is 10.8. The van der Waals surface area contributed by atoms with Gasteiger partial charge in [0.2, 0.25) is 11.8 Å². The van der Waals surface area contributed by atoms with E-state index in [1.165, 1.54) is 17.0 Å². The molecule has 9 heteroatoms. The van der Waals surface area contributed by atoms with E-state index in [1.807, 2.05) is 44.2 Å². The third kappa shape index (κ3) is 7.19. The molecule has 7 nitrogen and oxygen atoms in total. The van der Waals surface area contributed by atoms with Crippen molar-refractivity contribution in [1.29, 1.82) is 0 Å². The van der Waals surface area contributed by atoms with Crippen LogP contribution in [0.5, 0.6) is 0 Å². The Morgan fingerprint density at radius 3 is 2.13 bits per heavy atom. The summed E-state index contributed by atoms with van der Waals surface area (Å²) in [6.45, 7) is 5.61. The summed E-state index contributed by atoms with van der Waals surface area (Å²) in [6.07, 6.45) is 0.860. The van der Waals surface area contributed by atoms with Crippen molar-refractivity contribution in [3.63, 3.8) is 0 Å². The van der Waals surface area contributed by atoms with Crippen LogP contribution in [0.2, 0.25) is 0 Å². The van der Waals surface area contributed by atoms with E-state index in [4.69, 9.17) is 0 Å². The first-order chi connectivity index (χ1) is 18.2. The molecule has 1 N–H and O–H groups in total. The minimum absolute atomic E-state index is 0.140. The van der Waals surface area contributed by atoms with Crippen molar-refractivity contribution in [1.82, 2.24) is 10.2 Å². The van der Waals surface area contributed by atoms with Gasteiger partial charge in [0.15, 0.2) is 0 Å². The summed E-state index contributed by atoms with van der Waals surface area (Å²) >= 11 is 0. The maximum Gasteiger partial charge on any atom is 0.264 e. The number of hydrogen-bond donors (Lipinski definition) is 1. The predicted octanol–water partition coefficient (Wildman–Crippen LogP) is 4.32. The molecule has 0 aromatic heterocycles. The monoisotopic (exact) mass is 539 g/mol. The molecular weight excluding hydrogens is 505 g/mol. The zero-order valence-electron chi connectivity index (χ0n) is 21.9. The van der Waals surface area contributed by atoms with Gasteiger partial charge >= 0.3 is 0 Å². The van der Waals surface area contributed by atoms with E-state index in [0.29, 0.717) is 25.1 Å². The Hall–Kier alpha value is -3.72. The molecule has 202 valence electrons. The minimum Gasteiger partial charge on any atom is -0.355 e. The number of carbonyl (C=O) groups is 2. The van der Waals surface area contributed by atoms with Gasteiger partial charge in [0.25, 0.3) is 10.0 Å². The van der Waals surface area contributed by atoms with Gasteiger partial charge in [-0.25, -0.2) is 12.8 Å². The van der Waals surface area contributed by atoms with Gasteiger partial charge in [-0.2, -0.15) is 0 Å². The summed E-state index contributed by atoms with van der Waals surface area (Å²) in [7, 11) is -4.22. The second-order valence-electron chi connectivity index (χ2n) is 8.94. The first-order valence-electron chi connectivity index (χ1n) is 12.6. The van der Waals surface area contributed by atoms with Crippen molar-refractivity contribution in [2.45, 2.75) is 44.6 Å². The molecule has 0 radical (unpaired) electrons. The molecule has 0 saturated heterocycles. The number of carbonyl (C=O) groups excluding carboxylic acids is 2. The summed E-state index contributed by atoms with van der Waals surface area (Å²) < 4.78 is 42.0. The van der Waals surface area contributed by atoms with Crippen molar-refractivity contribution in [3.05, 3.63) is 95.8 Å². The van der Waals surface area contributed by atoms with E-state index in [1.54, 1.807) is 31.2 Å². The molecule has 1 atom stereocenters. The fourth-order valence-electron chi connectivity index (χ4n) is 4.16. The van der Waals surface area contributed by atoms with E-state index in [2.05, 4.69) is 5.32 Å². The van der Waals surface area contributed by atoms with Gasteiger partial charge < -0.3 is 10.2 Å². The number of amides is 2. The van der Waals surface area contributed by atoms with Gasteiger partial charge in [0.1, 0.15) is 18.4 Å². The zero-order valence-corrected chi connectivity index (χ0v) is 22.7. The van der Waals surface area contributed by atoms with Crippen LogP contribution in [0.1, 0.15) is 31.4 Å². The smallest absolute Gasteiger partial charge is 0.264 e. The molecule has 3 aromatic carbocycles. The van der Waals surface area contributed by atoms with Crippen LogP contribution in [-0.4, -0.2) is 50.8 Å². The van der Waals surface area contributed by atoms with E-state index < -0.39 is 34.3 Å². The molecule has 0 aliphatic carbocycles. The first-order valence-corrected chi connectivity index (χ1v) is 14.1. The second kappa shape index (κ2) is 13.2. The Balaban J connectivity index is 1.99. The highest BCUT2D eigenvalue weighted by Gasteiger charge is 2.33. The number of benzene rings is 3. The molecule has 0 bridgehead atoms. The average molecular weight is 540 g/mol. The highest BCUT2D eigenvalue weighted by atomic mass is 32.2. The number of sulfonamides is 1. The van der Waals surface area contributed by atoms with Crippen molar-refractivity contribution < 1.29 is 22.4 Å². The maximum atomic E-state index is 13.8. The number of aryl methyl sites for hydroxylation is 1. The Bertz CT molecular complexity index is 1310. The summed E-state index contributed by atoms with van der Waals surface area (Å²) in [4.78, 5) is 28.1. The molecular formula is C29H34FN3O4S. The van der Waals surface area contributed by atoms with Crippen LogP contribution in [0.25, 0.3) is 0 Å². The SMILES string of the molecule is CCNC(=O)[C@H](CC)N(CCc1ccccc1)C(=O)CN(c1ccc(C)cc1)S(=O)(=O)c1ccc(F)cc1. The molecule has 38 heavy (non-hydrogen) atoms. The molecule has 0 saturated carbocycles. The summed E-state index contributed by atoms with van der Waals surface area (Å²) in [5.74, 6) is -1.37. The molecule has 0 heterocycles. The molecule has 3 aromatic rings. The number of nitrogens with zero attached hydrogens (tertiary/aromatic N) is 2. The van der Waals surface area contributed by atoms with Crippen molar-refractivity contribution in [3.8, 4) is 0 Å². The fraction of sp³-hybridized carbons (Fsp3) is 0.310. The molecule has 3 rings (SSSR count). The third-order valence-electron chi connectivity index (χ3n) is 6.22. The number of hydrogen-bond acceptors (Lipinski definition) is 4. The van der Waals surface area contributed by atoms with Crippen LogP contribution in [0.4, 0.5) is 10.1 Å². The largest absolute Gasteiger partial charge is 0.355 e. The zero-order chi connectivity index (χ0) is 27.7. The maximum absolute atomic E-state index is 13.8. The average Bonchev–Trinajstić information content (AvgIpc) is 2.91. The Kier molecular flexibility index (Phi) is 10.0. The van der Waals surface area contributed by atoms with E-state index >= 15 is 0 Å². The number of halogens is 1. The lowest BCUT2D eigenvalue weighted by molar-refractivity contribution is -0.139. The Labute approximate surface area is 224 Å². The number of rotatable bonds is 12. The topological polar surface area (TPSA) is 86.8 Å². The standard InChI is InChI=1S/C29H34FN3O4S/c1-4-27(29(35)31-5-2)32(20-19-23-9-7-6-8-10-23)28(34)21-33(25-15-11-22(3)12-16-25)38(36,37)26-17-13-24(30)14-18-26/h6-18,27H,4-5,19-21H2,1-3H3,(H,31,35)/t27-/m0/s1. The van der Waals surface area contributed by atoms with Crippen LogP contribution in [0, 0.1) is 12.7 Å². The Morgan fingerprint density at radius 2 is 1.55 bits per heavy atom. The molecule has 0 unspecified atom stereocenters. The van der Waals surface area contributed by atoms with E-state index in [0.717, 1.165) is 27.6 Å². The van der Waals surface area contributed by atoms with Gasteiger partial charge in [0, 0.05) is 13.1 Å². The van der Waals surface area contributed by atoms with Gasteiger partial charge in [-0.3, -0.25) is 13.9 Å². The van der Waals surface area contributed by atoms with Crippen molar-refractivity contribution in [2.75, 3.05) is 23.9 Å². The van der Waals surface area contributed by atoms with Gasteiger partial charge in [0.05, 0.1) is 10.6 Å². The molecule has 0 fully saturated rings. The minimum atomic E-state index is -4.22. The summed E-state index contributed by atoms with van der Waals surface area (Å²) in [5, 5.41) is 2.78. The number of likely N-dealkylation sites (N-methyl/N-ethyl adjacent to an activating group) is 1. The molecule has 0 spiro atoms. The van der Waals surface area contributed by atoms with Crippen LogP contribution >= 0.6 is 0 Å². The van der Waals surface area contributed by atoms with Crippen LogP contribution in [-0.2, 0) is 26.0 Å². The first kappa shape index (κ1) is 28.8. The lowest BCUT2D eigenvalue weighted by atomic mass is 10.1. The normalized spacial score (nSPS) is 12.0. The van der Waals surface area contributed by atoms with Gasteiger partial charge in [-0.15, -0.1) is 0 Å².